The molecule has 1 atom stereocenters. The number of rotatable bonds is 7. The molecule has 0 saturated heterocycles. The quantitative estimate of drug-likeness (QED) is 0.470. The molecular weight excluding hydrogens is 365 g/mol. The highest BCUT2D eigenvalue weighted by atomic mass is 19.4. The van der Waals surface area contributed by atoms with Gasteiger partial charge in [-0.15, -0.1) is 13.2 Å². The summed E-state index contributed by atoms with van der Waals surface area (Å²) >= 11 is 0. The van der Waals surface area contributed by atoms with Gasteiger partial charge >= 0.3 is 6.36 Å². The summed E-state index contributed by atoms with van der Waals surface area (Å²) in [4.78, 5) is 0. The van der Waals surface area contributed by atoms with E-state index in [-0.39, 0.29) is 11.7 Å². The Balaban J connectivity index is 1.84. The summed E-state index contributed by atoms with van der Waals surface area (Å²) in [7, 11) is 1.61. The van der Waals surface area contributed by atoms with Crippen molar-refractivity contribution in [3.8, 4) is 11.5 Å². The van der Waals surface area contributed by atoms with Crippen LogP contribution in [0, 0.1) is 0 Å². The molecule has 3 aromatic rings. The van der Waals surface area contributed by atoms with E-state index >= 15 is 0 Å². The molecule has 0 amide bonds. The van der Waals surface area contributed by atoms with Gasteiger partial charge in [-0.2, -0.15) is 0 Å². The van der Waals surface area contributed by atoms with Crippen LogP contribution in [0.4, 0.5) is 13.2 Å². The molecular formula is C23H21F3O2. The van der Waals surface area contributed by atoms with Gasteiger partial charge in [0.1, 0.15) is 11.5 Å². The summed E-state index contributed by atoms with van der Waals surface area (Å²) in [5.74, 6) is 0.596. The second kappa shape index (κ2) is 8.83. The van der Waals surface area contributed by atoms with Crippen LogP contribution in [-0.4, -0.2) is 13.5 Å². The Morgan fingerprint density at radius 3 is 1.79 bits per heavy atom. The lowest BCUT2D eigenvalue weighted by Gasteiger charge is -2.19. The van der Waals surface area contributed by atoms with Crippen molar-refractivity contribution < 1.29 is 22.6 Å². The highest BCUT2D eigenvalue weighted by Gasteiger charge is 2.31. The molecule has 0 aliphatic rings. The van der Waals surface area contributed by atoms with Crippen LogP contribution >= 0.6 is 0 Å². The topological polar surface area (TPSA) is 18.5 Å². The van der Waals surface area contributed by atoms with E-state index in [4.69, 9.17) is 4.74 Å². The molecule has 3 rings (SSSR count). The lowest BCUT2D eigenvalue weighted by Crippen LogP contribution is -2.17. The number of alkyl halides is 3. The van der Waals surface area contributed by atoms with Crippen LogP contribution in [0.25, 0.3) is 0 Å². The summed E-state index contributed by atoms with van der Waals surface area (Å²) in [6.07, 6.45) is -3.00. The first kappa shape index (κ1) is 19.8. The minimum atomic E-state index is -4.69. The average Bonchev–Trinajstić information content (AvgIpc) is 2.69. The van der Waals surface area contributed by atoms with Gasteiger partial charge in [0.05, 0.1) is 7.11 Å². The summed E-state index contributed by atoms with van der Waals surface area (Å²) in [5, 5.41) is 0. The third kappa shape index (κ3) is 5.52. The van der Waals surface area contributed by atoms with Crippen LogP contribution in [0.5, 0.6) is 11.5 Å². The van der Waals surface area contributed by atoms with Crippen molar-refractivity contribution in [3.05, 3.63) is 95.6 Å². The largest absolute Gasteiger partial charge is 0.573 e. The first-order valence-corrected chi connectivity index (χ1v) is 8.98. The molecule has 0 spiro atoms. The molecule has 0 N–H and O–H groups in total. The number of halogens is 3. The smallest absolute Gasteiger partial charge is 0.497 e. The lowest BCUT2D eigenvalue weighted by atomic mass is 9.86. The molecule has 5 heteroatoms. The summed E-state index contributed by atoms with van der Waals surface area (Å²) in [6.45, 7) is 0. The predicted molar refractivity (Wildman–Crippen MR) is 103 cm³/mol. The number of methoxy groups -OCH3 is 1. The van der Waals surface area contributed by atoms with Gasteiger partial charge in [-0.1, -0.05) is 54.6 Å². The zero-order valence-electron chi connectivity index (χ0n) is 15.4. The molecule has 2 nitrogen and oxygen atoms in total. The Hall–Kier alpha value is -2.95. The molecule has 0 saturated carbocycles. The molecule has 0 aromatic heterocycles. The fraction of sp³-hybridized carbons (Fsp3) is 0.217. The fourth-order valence-corrected chi connectivity index (χ4v) is 3.22. The molecule has 28 heavy (non-hydrogen) atoms. The van der Waals surface area contributed by atoms with Crippen molar-refractivity contribution in [2.45, 2.75) is 25.1 Å². The van der Waals surface area contributed by atoms with Gasteiger partial charge in [-0.3, -0.25) is 0 Å². The van der Waals surface area contributed by atoms with Crippen LogP contribution in [-0.2, 0) is 6.42 Å². The van der Waals surface area contributed by atoms with E-state index in [2.05, 4.69) is 16.9 Å². The predicted octanol–water partition coefficient (Wildman–Crippen LogP) is 6.36. The van der Waals surface area contributed by atoms with Gasteiger partial charge in [0.25, 0.3) is 0 Å². The summed E-state index contributed by atoms with van der Waals surface area (Å²) in [6, 6.07) is 24.0. The van der Waals surface area contributed by atoms with Crippen molar-refractivity contribution in [2.75, 3.05) is 7.11 Å². The van der Waals surface area contributed by atoms with Gasteiger partial charge in [-0.25, -0.2) is 0 Å². The molecule has 0 heterocycles. The second-order valence-electron chi connectivity index (χ2n) is 6.47. The Bertz CT molecular complexity index is 857. The molecule has 0 bridgehead atoms. The third-order valence-electron chi connectivity index (χ3n) is 4.60. The van der Waals surface area contributed by atoms with E-state index in [1.165, 1.54) is 17.7 Å². The van der Waals surface area contributed by atoms with E-state index in [1.807, 2.05) is 42.5 Å². The Morgan fingerprint density at radius 1 is 0.750 bits per heavy atom. The maximum absolute atomic E-state index is 12.4. The second-order valence-corrected chi connectivity index (χ2v) is 6.47. The van der Waals surface area contributed by atoms with Gasteiger partial charge in [0.2, 0.25) is 0 Å². The molecule has 0 aliphatic heterocycles. The monoisotopic (exact) mass is 386 g/mol. The maximum atomic E-state index is 12.4. The van der Waals surface area contributed by atoms with Crippen LogP contribution < -0.4 is 9.47 Å². The van der Waals surface area contributed by atoms with Crippen LogP contribution in [0.15, 0.2) is 78.9 Å². The lowest BCUT2D eigenvalue weighted by molar-refractivity contribution is -0.274. The van der Waals surface area contributed by atoms with Gasteiger partial charge < -0.3 is 9.47 Å². The van der Waals surface area contributed by atoms with Gasteiger partial charge in [0.15, 0.2) is 0 Å². The minimum absolute atomic E-state index is 0.0473. The Kier molecular flexibility index (Phi) is 6.24. The first-order valence-electron chi connectivity index (χ1n) is 8.98. The maximum Gasteiger partial charge on any atom is 0.573 e. The first-order chi connectivity index (χ1) is 13.4. The number of hydrogen-bond acceptors (Lipinski definition) is 2. The zero-order chi connectivity index (χ0) is 20.0. The van der Waals surface area contributed by atoms with Crippen molar-refractivity contribution in [2.24, 2.45) is 0 Å². The zero-order valence-corrected chi connectivity index (χ0v) is 15.4. The van der Waals surface area contributed by atoms with Gasteiger partial charge in [-0.05, 0) is 53.8 Å². The van der Waals surface area contributed by atoms with Crippen LogP contribution in [0.2, 0.25) is 0 Å². The fourth-order valence-electron chi connectivity index (χ4n) is 3.22. The Labute approximate surface area is 162 Å². The van der Waals surface area contributed by atoms with Crippen molar-refractivity contribution in [1.82, 2.24) is 0 Å². The van der Waals surface area contributed by atoms with Gasteiger partial charge in [0, 0.05) is 5.92 Å². The minimum Gasteiger partial charge on any atom is -0.497 e. The number of benzene rings is 3. The number of ether oxygens (including phenoxy) is 2. The normalized spacial score (nSPS) is 12.4. The average molecular weight is 386 g/mol. The van der Waals surface area contributed by atoms with Crippen LogP contribution in [0.1, 0.15) is 29.0 Å². The Morgan fingerprint density at radius 2 is 1.29 bits per heavy atom. The highest BCUT2D eigenvalue weighted by Crippen LogP contribution is 2.32. The van der Waals surface area contributed by atoms with E-state index in [0.717, 1.165) is 29.7 Å². The highest BCUT2D eigenvalue weighted by molar-refractivity contribution is 5.38. The number of hydrogen-bond donors (Lipinski definition) is 0. The SMILES string of the molecule is COc1ccc(C(CCc2ccccc2)c2ccc(OC(F)(F)F)cc2)cc1. The van der Waals surface area contributed by atoms with E-state index in [0.29, 0.717) is 0 Å². The van der Waals surface area contributed by atoms with Crippen molar-refractivity contribution in [3.63, 3.8) is 0 Å². The molecule has 0 fully saturated rings. The third-order valence-corrected chi connectivity index (χ3v) is 4.60. The summed E-state index contributed by atoms with van der Waals surface area (Å²) < 4.78 is 46.4. The molecule has 0 aliphatic carbocycles. The molecule has 1 unspecified atom stereocenters. The van der Waals surface area contributed by atoms with Crippen molar-refractivity contribution >= 4 is 0 Å². The van der Waals surface area contributed by atoms with E-state index in [9.17, 15) is 13.2 Å². The molecule has 3 aromatic carbocycles. The molecule has 0 radical (unpaired) electrons. The van der Waals surface area contributed by atoms with E-state index in [1.54, 1.807) is 19.2 Å². The standard InChI is InChI=1S/C23H21F3O2/c1-27-20-12-8-18(9-13-20)22(16-7-17-5-3-2-4-6-17)19-10-14-21(15-11-19)28-23(24,25)26/h2-6,8-15,22H,7,16H2,1H3. The summed E-state index contributed by atoms with van der Waals surface area (Å²) in [5.41, 5.74) is 3.25. The number of aryl methyl sites for hydroxylation is 1. The van der Waals surface area contributed by atoms with Crippen LogP contribution in [0.3, 0.4) is 0 Å². The van der Waals surface area contributed by atoms with E-state index < -0.39 is 6.36 Å². The van der Waals surface area contributed by atoms with Crippen molar-refractivity contribution in [1.29, 1.82) is 0 Å². The molecule has 146 valence electrons.